The van der Waals surface area contributed by atoms with Gasteiger partial charge in [-0.3, -0.25) is 9.48 Å². The highest BCUT2D eigenvalue weighted by Gasteiger charge is 2.65. The number of nitrogens with zero attached hydrogens (tertiary/aromatic N) is 2. The molecule has 0 spiro atoms. The maximum absolute atomic E-state index is 13.4. The third kappa shape index (κ3) is 2.82. The summed E-state index contributed by atoms with van der Waals surface area (Å²) < 4.78 is 1.70. The average molecular weight is 429 g/mol. The number of aliphatic hydroxyl groups is 1. The molecule has 5 aliphatic rings. The van der Waals surface area contributed by atoms with Crippen molar-refractivity contribution in [3.63, 3.8) is 0 Å². The Morgan fingerprint density at radius 1 is 1.17 bits per heavy atom. The van der Waals surface area contributed by atoms with Gasteiger partial charge in [0, 0.05) is 12.1 Å². The van der Waals surface area contributed by atoms with Crippen LogP contribution >= 0.6 is 11.6 Å². The van der Waals surface area contributed by atoms with Crippen molar-refractivity contribution in [2.75, 3.05) is 0 Å². The highest BCUT2D eigenvalue weighted by molar-refractivity contribution is 6.30. The number of fused-ring (bicyclic) bond motifs is 6. The van der Waals surface area contributed by atoms with Gasteiger partial charge in [-0.2, -0.15) is 5.10 Å². The number of carbonyl (C=O) groups is 1. The van der Waals surface area contributed by atoms with Crippen molar-refractivity contribution < 1.29 is 9.90 Å². The molecule has 1 heterocycles. The molecular formula is C25H33ClN2O2. The first-order valence-corrected chi connectivity index (χ1v) is 12.3. The minimum Gasteiger partial charge on any atom is -0.390 e. The zero-order valence-electron chi connectivity index (χ0n) is 18.1. The number of carbonyl (C=O) groups excluding carboxylic acids is 1. The summed E-state index contributed by atoms with van der Waals surface area (Å²) >= 11 is 6.01. The van der Waals surface area contributed by atoms with Crippen molar-refractivity contribution in [1.82, 2.24) is 9.78 Å². The highest BCUT2D eigenvalue weighted by atomic mass is 35.5. The molecule has 0 radical (unpaired) electrons. The fourth-order valence-corrected chi connectivity index (χ4v) is 8.84. The van der Waals surface area contributed by atoms with Gasteiger partial charge < -0.3 is 5.11 Å². The number of ketones is 1. The predicted octanol–water partition coefficient (Wildman–Crippen LogP) is 5.05. The van der Waals surface area contributed by atoms with Crippen LogP contribution in [0, 0.1) is 40.9 Å². The highest BCUT2D eigenvalue weighted by Crippen LogP contribution is 2.71. The first-order chi connectivity index (χ1) is 14.3. The van der Waals surface area contributed by atoms with E-state index in [1.165, 1.54) is 37.7 Å². The molecule has 0 amide bonds. The Labute approximate surface area is 184 Å². The van der Waals surface area contributed by atoms with Crippen LogP contribution in [-0.2, 0) is 11.3 Å². The second-order valence-corrected chi connectivity index (χ2v) is 12.0. The summed E-state index contributed by atoms with van der Waals surface area (Å²) in [7, 11) is 0. The molecule has 3 saturated carbocycles. The second-order valence-electron chi connectivity index (χ2n) is 11.6. The Hall–Kier alpha value is -1.13. The van der Waals surface area contributed by atoms with E-state index < -0.39 is 5.60 Å². The second kappa shape index (κ2) is 6.45. The van der Waals surface area contributed by atoms with Crippen molar-refractivity contribution in [3.8, 4) is 0 Å². The summed E-state index contributed by atoms with van der Waals surface area (Å²) in [5.74, 6) is 4.07. The van der Waals surface area contributed by atoms with Gasteiger partial charge in [0.2, 0.25) is 0 Å². The summed E-state index contributed by atoms with van der Waals surface area (Å²) in [4.78, 5) is 13.4. The third-order valence-electron chi connectivity index (χ3n) is 9.74. The quantitative estimate of drug-likeness (QED) is 0.685. The van der Waals surface area contributed by atoms with E-state index in [4.69, 9.17) is 11.6 Å². The van der Waals surface area contributed by atoms with Crippen molar-refractivity contribution in [1.29, 1.82) is 0 Å². The minimum atomic E-state index is -0.455. The molecular weight excluding hydrogens is 396 g/mol. The van der Waals surface area contributed by atoms with Crippen LogP contribution in [0.25, 0.3) is 0 Å². The van der Waals surface area contributed by atoms with Crippen LogP contribution in [0.5, 0.6) is 0 Å². The maximum atomic E-state index is 13.4. The lowest BCUT2D eigenvalue weighted by molar-refractivity contribution is -0.133. The number of hydrogen-bond acceptors (Lipinski definition) is 3. The van der Waals surface area contributed by atoms with E-state index in [1.54, 1.807) is 22.6 Å². The van der Waals surface area contributed by atoms with Gasteiger partial charge in [0.1, 0.15) is 6.54 Å². The number of allylic oxidation sites excluding steroid dienone is 2. The van der Waals surface area contributed by atoms with Gasteiger partial charge in [-0.25, -0.2) is 0 Å². The van der Waals surface area contributed by atoms with Crippen LogP contribution in [0.3, 0.4) is 0 Å². The van der Waals surface area contributed by atoms with Gasteiger partial charge in [0.25, 0.3) is 0 Å². The molecule has 0 aliphatic heterocycles. The summed E-state index contributed by atoms with van der Waals surface area (Å²) in [6.45, 7) is 4.79. The SMILES string of the molecule is C[C@@]1(O)CC[C@H]2[C@H](CC[C@@H]3[C@@H]2CC[C@]2(C)[C@@H](C(=O)Cn4cc(Cl)cn4)C4=C(C4)[C@@H]32)C1. The molecule has 0 aromatic carbocycles. The normalized spacial score (nSPS) is 46.7. The monoisotopic (exact) mass is 428 g/mol. The Kier molecular flexibility index (Phi) is 4.20. The zero-order chi connectivity index (χ0) is 20.8. The van der Waals surface area contributed by atoms with Gasteiger partial charge in [0.15, 0.2) is 5.78 Å². The smallest absolute Gasteiger partial charge is 0.161 e. The standard InChI is InChI=1S/C25H33ClN2O2/c1-24(30)7-5-16-14(10-24)3-4-18-17(16)6-8-25(2)22(18)19-9-20(19)23(25)21(29)13-28-12-15(26)11-27-28/h11-12,14,16-18,22-23,30H,3-10,13H2,1-2H3/t14-,16+,17-,18-,22-,23-,24-,25+/m1/s1. The largest absolute Gasteiger partial charge is 0.390 e. The fraction of sp³-hybridized carbons (Fsp3) is 0.760. The Morgan fingerprint density at radius 3 is 2.73 bits per heavy atom. The molecule has 1 aromatic rings. The topological polar surface area (TPSA) is 55.1 Å². The lowest BCUT2D eigenvalue weighted by Gasteiger charge is -2.57. The van der Waals surface area contributed by atoms with Crippen LogP contribution in [0.1, 0.15) is 65.2 Å². The number of halogens is 1. The molecule has 162 valence electrons. The number of aromatic nitrogens is 2. The van der Waals surface area contributed by atoms with E-state index in [1.807, 2.05) is 6.92 Å². The molecule has 30 heavy (non-hydrogen) atoms. The zero-order valence-corrected chi connectivity index (χ0v) is 18.9. The summed E-state index contributed by atoms with van der Waals surface area (Å²) in [5.41, 5.74) is 2.76. The van der Waals surface area contributed by atoms with Crippen LogP contribution in [0.2, 0.25) is 5.02 Å². The molecule has 6 rings (SSSR count). The first kappa shape index (κ1) is 19.5. The van der Waals surface area contributed by atoms with Crippen molar-refractivity contribution in [3.05, 3.63) is 28.6 Å². The van der Waals surface area contributed by atoms with E-state index in [-0.39, 0.29) is 11.3 Å². The molecule has 4 nitrogen and oxygen atoms in total. The van der Waals surface area contributed by atoms with Gasteiger partial charge in [0.05, 0.1) is 16.8 Å². The van der Waals surface area contributed by atoms with E-state index in [2.05, 4.69) is 12.0 Å². The number of rotatable bonds is 3. The Balaban J connectivity index is 1.24. The molecule has 0 unspecified atom stereocenters. The maximum Gasteiger partial charge on any atom is 0.161 e. The van der Waals surface area contributed by atoms with Crippen molar-refractivity contribution in [2.24, 2.45) is 40.9 Å². The van der Waals surface area contributed by atoms with E-state index in [9.17, 15) is 9.90 Å². The molecule has 3 fully saturated rings. The summed E-state index contributed by atoms with van der Waals surface area (Å²) in [6, 6.07) is 0. The van der Waals surface area contributed by atoms with Crippen LogP contribution < -0.4 is 0 Å². The van der Waals surface area contributed by atoms with Crippen LogP contribution in [0.4, 0.5) is 0 Å². The Bertz CT molecular complexity index is 933. The van der Waals surface area contributed by atoms with Crippen LogP contribution in [0.15, 0.2) is 23.5 Å². The van der Waals surface area contributed by atoms with E-state index in [0.717, 1.165) is 37.0 Å². The number of Topliss-reactive ketones (excluding diaryl/α,β-unsaturated/α-hetero) is 1. The molecule has 1 aromatic heterocycles. The van der Waals surface area contributed by atoms with Crippen LogP contribution in [-0.4, -0.2) is 26.3 Å². The van der Waals surface area contributed by atoms with E-state index >= 15 is 0 Å². The van der Waals surface area contributed by atoms with Gasteiger partial charge in [-0.1, -0.05) is 29.7 Å². The molecule has 0 bridgehead atoms. The summed E-state index contributed by atoms with van der Waals surface area (Å²) in [6.07, 6.45) is 12.6. The minimum absolute atomic E-state index is 0.0891. The van der Waals surface area contributed by atoms with Crippen molar-refractivity contribution in [2.45, 2.75) is 77.4 Å². The summed E-state index contributed by atoms with van der Waals surface area (Å²) in [5, 5.41) is 15.4. The van der Waals surface area contributed by atoms with Gasteiger partial charge in [-0.15, -0.1) is 0 Å². The average Bonchev–Trinajstić information content (AvgIpc) is 3.23. The number of hydrogen-bond donors (Lipinski definition) is 1. The molecule has 0 saturated heterocycles. The van der Waals surface area contributed by atoms with Crippen molar-refractivity contribution >= 4 is 17.4 Å². The van der Waals surface area contributed by atoms with Gasteiger partial charge >= 0.3 is 0 Å². The molecule has 1 N–H and O–H groups in total. The fourth-order valence-electron chi connectivity index (χ4n) is 8.69. The Morgan fingerprint density at radius 2 is 1.97 bits per heavy atom. The lowest BCUT2D eigenvalue weighted by atomic mass is 9.47. The third-order valence-corrected chi connectivity index (χ3v) is 9.94. The lowest BCUT2D eigenvalue weighted by Crippen LogP contribution is -2.52. The van der Waals surface area contributed by atoms with Gasteiger partial charge in [-0.05, 0) is 93.3 Å². The van der Waals surface area contributed by atoms with E-state index in [0.29, 0.717) is 29.2 Å². The predicted molar refractivity (Wildman–Crippen MR) is 116 cm³/mol. The molecule has 5 aliphatic carbocycles. The molecule has 5 heteroatoms. The molecule has 8 atom stereocenters. The first-order valence-electron chi connectivity index (χ1n) is 11.9.